The minimum atomic E-state index is -0.135. The molecule has 8 heteroatoms. The molecule has 3 aliphatic rings. The lowest BCUT2D eigenvalue weighted by Gasteiger charge is -2.43. The molecule has 7 nitrogen and oxygen atoms in total. The van der Waals surface area contributed by atoms with Crippen LogP contribution in [0.3, 0.4) is 0 Å². The summed E-state index contributed by atoms with van der Waals surface area (Å²) >= 11 is 6.14. The molecule has 2 amide bonds. The highest BCUT2D eigenvalue weighted by Crippen LogP contribution is 2.29. The Bertz CT molecular complexity index is 668. The summed E-state index contributed by atoms with van der Waals surface area (Å²) in [6, 6.07) is 5.42. The molecule has 1 N–H and O–H groups in total. The Labute approximate surface area is 164 Å². The van der Waals surface area contributed by atoms with Gasteiger partial charge < -0.3 is 24.4 Å². The highest BCUT2D eigenvalue weighted by Gasteiger charge is 2.32. The highest BCUT2D eigenvalue weighted by atomic mass is 35.5. The SMILES string of the molecule is O=C(Nc1cc(Cl)ccc1OCC1CCCO1)N1CCN2CCOCC2C1. The van der Waals surface area contributed by atoms with E-state index in [1.165, 1.54) is 0 Å². The van der Waals surface area contributed by atoms with E-state index in [4.69, 9.17) is 25.8 Å². The van der Waals surface area contributed by atoms with Crippen molar-refractivity contribution in [2.24, 2.45) is 0 Å². The molecular formula is C19H26ClN3O4. The van der Waals surface area contributed by atoms with Crippen molar-refractivity contribution in [2.45, 2.75) is 25.0 Å². The molecule has 0 spiro atoms. The maximum Gasteiger partial charge on any atom is 0.322 e. The number of morpholine rings is 1. The van der Waals surface area contributed by atoms with Crippen LogP contribution in [-0.2, 0) is 9.47 Å². The molecule has 0 bridgehead atoms. The minimum absolute atomic E-state index is 0.114. The number of rotatable bonds is 4. The van der Waals surface area contributed by atoms with Gasteiger partial charge in [-0.25, -0.2) is 4.79 Å². The second kappa shape index (κ2) is 8.65. The molecule has 0 aliphatic carbocycles. The maximum absolute atomic E-state index is 12.8. The molecule has 1 aromatic carbocycles. The standard InChI is InChI=1S/C19H26ClN3O4/c20-14-3-4-18(27-13-16-2-1-8-26-16)17(10-14)21-19(24)23-6-5-22-7-9-25-12-15(22)11-23/h3-4,10,15-16H,1-2,5-9,11-13H2,(H,21,24). The third-order valence-corrected chi connectivity index (χ3v) is 5.59. The van der Waals surface area contributed by atoms with E-state index in [1.807, 2.05) is 4.90 Å². The van der Waals surface area contributed by atoms with Crippen LogP contribution in [0, 0.1) is 0 Å². The van der Waals surface area contributed by atoms with Gasteiger partial charge in [-0.3, -0.25) is 4.90 Å². The molecular weight excluding hydrogens is 370 g/mol. The normalized spacial score (nSPS) is 25.9. The predicted molar refractivity (Wildman–Crippen MR) is 103 cm³/mol. The van der Waals surface area contributed by atoms with Crippen molar-refractivity contribution in [1.82, 2.24) is 9.80 Å². The number of carbonyl (C=O) groups excluding carboxylic acids is 1. The molecule has 2 unspecified atom stereocenters. The van der Waals surface area contributed by atoms with Crippen molar-refractivity contribution in [2.75, 3.05) is 57.9 Å². The number of hydrogen-bond acceptors (Lipinski definition) is 5. The lowest BCUT2D eigenvalue weighted by Crippen LogP contribution is -2.59. The Hall–Kier alpha value is -1.54. The van der Waals surface area contributed by atoms with E-state index < -0.39 is 0 Å². The fourth-order valence-electron chi connectivity index (χ4n) is 3.81. The number of benzene rings is 1. The lowest BCUT2D eigenvalue weighted by atomic mass is 10.1. The second-order valence-corrected chi connectivity index (χ2v) is 7.66. The predicted octanol–water partition coefficient (Wildman–Crippen LogP) is 2.45. The van der Waals surface area contributed by atoms with Crippen molar-refractivity contribution in [3.05, 3.63) is 23.2 Å². The van der Waals surface area contributed by atoms with Crippen LogP contribution in [-0.4, -0.2) is 80.6 Å². The number of hydrogen-bond donors (Lipinski definition) is 1. The molecule has 3 fully saturated rings. The Morgan fingerprint density at radius 3 is 3.07 bits per heavy atom. The fourth-order valence-corrected chi connectivity index (χ4v) is 3.98. The van der Waals surface area contributed by atoms with Gasteiger partial charge in [0.15, 0.2) is 0 Å². The van der Waals surface area contributed by atoms with Crippen molar-refractivity contribution >= 4 is 23.3 Å². The van der Waals surface area contributed by atoms with Crippen LogP contribution in [0.2, 0.25) is 5.02 Å². The second-order valence-electron chi connectivity index (χ2n) is 7.23. The van der Waals surface area contributed by atoms with Crippen molar-refractivity contribution in [3.63, 3.8) is 0 Å². The van der Waals surface area contributed by atoms with Gasteiger partial charge in [0.05, 0.1) is 31.0 Å². The number of halogens is 1. The monoisotopic (exact) mass is 395 g/mol. The van der Waals surface area contributed by atoms with E-state index >= 15 is 0 Å². The molecule has 0 aromatic heterocycles. The molecule has 3 saturated heterocycles. The summed E-state index contributed by atoms with van der Waals surface area (Å²) < 4.78 is 17.1. The third kappa shape index (κ3) is 4.66. The number of ether oxygens (including phenoxy) is 3. The van der Waals surface area contributed by atoms with E-state index in [1.54, 1.807) is 18.2 Å². The van der Waals surface area contributed by atoms with Gasteiger partial charge in [-0.05, 0) is 31.0 Å². The molecule has 3 aliphatic heterocycles. The summed E-state index contributed by atoms with van der Waals surface area (Å²) in [5.74, 6) is 0.614. The van der Waals surface area contributed by atoms with Crippen LogP contribution in [0.15, 0.2) is 18.2 Å². The van der Waals surface area contributed by atoms with Gasteiger partial charge in [0.2, 0.25) is 0 Å². The van der Waals surface area contributed by atoms with E-state index in [-0.39, 0.29) is 18.2 Å². The fraction of sp³-hybridized carbons (Fsp3) is 0.632. The quantitative estimate of drug-likeness (QED) is 0.848. The summed E-state index contributed by atoms with van der Waals surface area (Å²) in [5.41, 5.74) is 0.591. The van der Waals surface area contributed by atoms with Crippen LogP contribution in [0.5, 0.6) is 5.75 Å². The average Bonchev–Trinajstić information content (AvgIpc) is 3.20. The van der Waals surface area contributed by atoms with Crippen LogP contribution < -0.4 is 10.1 Å². The Morgan fingerprint density at radius 2 is 2.22 bits per heavy atom. The largest absolute Gasteiger partial charge is 0.489 e. The summed E-state index contributed by atoms with van der Waals surface area (Å²) in [6.07, 6.45) is 2.18. The first-order chi connectivity index (χ1) is 13.2. The molecule has 1 aromatic rings. The number of nitrogens with one attached hydrogen (secondary N) is 1. The highest BCUT2D eigenvalue weighted by molar-refractivity contribution is 6.31. The van der Waals surface area contributed by atoms with Crippen molar-refractivity contribution in [3.8, 4) is 5.75 Å². The first kappa shape index (κ1) is 18.8. The molecule has 3 heterocycles. The first-order valence-corrected chi connectivity index (χ1v) is 9.98. The zero-order chi connectivity index (χ0) is 18.6. The van der Waals surface area contributed by atoms with Gasteiger partial charge in [-0.1, -0.05) is 11.6 Å². The van der Waals surface area contributed by atoms with Gasteiger partial charge in [0.1, 0.15) is 12.4 Å². The van der Waals surface area contributed by atoms with E-state index in [9.17, 15) is 4.79 Å². The van der Waals surface area contributed by atoms with Crippen LogP contribution in [0.25, 0.3) is 0 Å². The van der Waals surface area contributed by atoms with Gasteiger partial charge in [0.25, 0.3) is 0 Å². The molecule has 0 radical (unpaired) electrons. The average molecular weight is 396 g/mol. The number of anilines is 1. The number of amides is 2. The number of piperazine rings is 1. The molecule has 0 saturated carbocycles. The van der Waals surface area contributed by atoms with Crippen molar-refractivity contribution in [1.29, 1.82) is 0 Å². The lowest BCUT2D eigenvalue weighted by molar-refractivity contribution is -0.0355. The summed E-state index contributed by atoms with van der Waals surface area (Å²) in [6.45, 7) is 5.90. The minimum Gasteiger partial charge on any atom is -0.489 e. The third-order valence-electron chi connectivity index (χ3n) is 5.36. The van der Waals surface area contributed by atoms with E-state index in [0.717, 1.165) is 39.1 Å². The molecule has 4 rings (SSSR count). The van der Waals surface area contributed by atoms with Crippen LogP contribution in [0.1, 0.15) is 12.8 Å². The topological polar surface area (TPSA) is 63.3 Å². The Balaban J connectivity index is 1.38. The van der Waals surface area contributed by atoms with Gasteiger partial charge in [-0.15, -0.1) is 0 Å². The maximum atomic E-state index is 12.8. The number of nitrogens with zero attached hydrogens (tertiary/aromatic N) is 2. The first-order valence-electron chi connectivity index (χ1n) is 9.61. The summed E-state index contributed by atoms with van der Waals surface area (Å²) in [7, 11) is 0. The molecule has 148 valence electrons. The summed E-state index contributed by atoms with van der Waals surface area (Å²) in [4.78, 5) is 17.0. The van der Waals surface area contributed by atoms with Crippen LogP contribution in [0.4, 0.5) is 10.5 Å². The number of carbonyl (C=O) groups is 1. The molecule has 2 atom stereocenters. The Kier molecular flexibility index (Phi) is 6.02. The van der Waals surface area contributed by atoms with Crippen LogP contribution >= 0.6 is 11.6 Å². The Morgan fingerprint density at radius 1 is 1.30 bits per heavy atom. The van der Waals surface area contributed by atoms with E-state index in [0.29, 0.717) is 42.8 Å². The van der Waals surface area contributed by atoms with Gasteiger partial charge >= 0.3 is 6.03 Å². The van der Waals surface area contributed by atoms with E-state index in [2.05, 4.69) is 10.2 Å². The van der Waals surface area contributed by atoms with Crippen molar-refractivity contribution < 1.29 is 19.0 Å². The molecule has 27 heavy (non-hydrogen) atoms. The zero-order valence-electron chi connectivity index (χ0n) is 15.4. The summed E-state index contributed by atoms with van der Waals surface area (Å²) in [5, 5.41) is 3.53. The number of urea groups is 1. The van der Waals surface area contributed by atoms with Gasteiger partial charge in [0, 0.05) is 37.8 Å². The smallest absolute Gasteiger partial charge is 0.322 e. The zero-order valence-corrected chi connectivity index (χ0v) is 16.1. The number of fused-ring (bicyclic) bond motifs is 1. The van der Waals surface area contributed by atoms with Gasteiger partial charge in [-0.2, -0.15) is 0 Å².